The van der Waals surface area contributed by atoms with Gasteiger partial charge >= 0.3 is 0 Å². The molecule has 4 heterocycles. The molecule has 0 aliphatic carbocycles. The van der Waals surface area contributed by atoms with Gasteiger partial charge in [-0.25, -0.2) is 19.3 Å². The Hall–Kier alpha value is -3.26. The number of carbonyl (C=O) groups is 1. The van der Waals surface area contributed by atoms with Crippen molar-refractivity contribution in [2.45, 2.75) is 58.5 Å². The summed E-state index contributed by atoms with van der Waals surface area (Å²) in [6.07, 6.45) is 15.5. The van der Waals surface area contributed by atoms with Crippen LogP contribution in [0, 0.1) is 11.7 Å². The number of fused-ring (bicyclic) bond motifs is 1. The summed E-state index contributed by atoms with van der Waals surface area (Å²) < 4.78 is 14.7. The fraction of sp³-hybridized carbons (Fsp3) is 0.385. The number of nitrogens with zero attached hydrogens (tertiary/aromatic N) is 4. The minimum Gasteiger partial charge on any atom is -0.365 e. The van der Waals surface area contributed by atoms with Crippen LogP contribution in [0.2, 0.25) is 5.02 Å². The van der Waals surface area contributed by atoms with Gasteiger partial charge in [-0.15, -0.1) is 0 Å². The molecule has 0 bridgehead atoms. The molecule has 0 saturated heterocycles. The van der Waals surface area contributed by atoms with Crippen molar-refractivity contribution in [1.29, 1.82) is 0 Å². The first-order valence-corrected chi connectivity index (χ1v) is 12.3. The Bertz CT molecular complexity index is 1250. The van der Waals surface area contributed by atoms with E-state index in [1.807, 2.05) is 38.3 Å². The fourth-order valence-corrected chi connectivity index (χ4v) is 4.43. The predicted octanol–water partition coefficient (Wildman–Crippen LogP) is 6.11. The molecule has 0 fully saturated rings. The van der Waals surface area contributed by atoms with Gasteiger partial charge in [0.15, 0.2) is 17.5 Å². The lowest BCUT2D eigenvalue weighted by molar-refractivity contribution is -0.133. The molecule has 1 unspecified atom stereocenters. The number of amides is 1. The predicted molar refractivity (Wildman–Crippen MR) is 137 cm³/mol. The smallest absolute Gasteiger partial charge is 0.229 e. The van der Waals surface area contributed by atoms with Gasteiger partial charge in [0.05, 0.1) is 17.3 Å². The summed E-state index contributed by atoms with van der Waals surface area (Å²) in [7, 11) is 0. The van der Waals surface area contributed by atoms with E-state index in [9.17, 15) is 9.18 Å². The number of rotatable bonds is 9. The zero-order valence-electron chi connectivity index (χ0n) is 20.1. The number of halogens is 2. The number of H-pyrrole nitrogens is 1. The van der Waals surface area contributed by atoms with Gasteiger partial charge in [-0.05, 0) is 31.4 Å². The van der Waals surface area contributed by atoms with Crippen LogP contribution in [-0.2, 0) is 4.79 Å². The fourth-order valence-electron chi connectivity index (χ4n) is 4.27. The maximum atomic E-state index is 14.7. The van der Waals surface area contributed by atoms with Crippen molar-refractivity contribution in [3.63, 3.8) is 0 Å². The third-order valence-electron chi connectivity index (χ3n) is 6.07. The lowest BCUT2D eigenvalue weighted by Crippen LogP contribution is -2.39. The van der Waals surface area contributed by atoms with E-state index in [0.717, 1.165) is 31.1 Å². The molecule has 0 aromatic carbocycles. The molecule has 184 valence electrons. The highest BCUT2D eigenvalue weighted by molar-refractivity contribution is 6.31. The molecular formula is C26H30ClFN6O. The minimum atomic E-state index is -0.511. The molecule has 0 saturated carbocycles. The van der Waals surface area contributed by atoms with Crippen molar-refractivity contribution in [2.24, 2.45) is 5.92 Å². The van der Waals surface area contributed by atoms with E-state index in [2.05, 4.69) is 32.2 Å². The van der Waals surface area contributed by atoms with Gasteiger partial charge in [-0.1, -0.05) is 50.9 Å². The molecule has 1 aliphatic heterocycles. The first-order chi connectivity index (χ1) is 16.9. The van der Waals surface area contributed by atoms with E-state index < -0.39 is 5.82 Å². The van der Waals surface area contributed by atoms with Crippen LogP contribution in [0.3, 0.4) is 0 Å². The van der Waals surface area contributed by atoms with E-state index in [1.165, 1.54) is 6.20 Å². The quantitative estimate of drug-likeness (QED) is 0.373. The normalized spacial score (nSPS) is 16.3. The molecule has 3 aromatic heterocycles. The van der Waals surface area contributed by atoms with Crippen LogP contribution >= 0.6 is 11.6 Å². The number of aromatic amines is 1. The highest BCUT2D eigenvalue weighted by Crippen LogP contribution is 2.29. The molecule has 1 aliphatic rings. The van der Waals surface area contributed by atoms with Crippen molar-refractivity contribution in [1.82, 2.24) is 24.8 Å². The molecule has 7 nitrogen and oxygen atoms in total. The average Bonchev–Trinajstić information content (AvgIpc) is 3.26. The van der Waals surface area contributed by atoms with Crippen LogP contribution in [0.1, 0.15) is 46.5 Å². The first-order valence-electron chi connectivity index (χ1n) is 12.0. The lowest BCUT2D eigenvalue weighted by Gasteiger charge is -2.31. The third-order valence-corrected chi connectivity index (χ3v) is 6.28. The maximum absolute atomic E-state index is 14.7. The number of pyridine rings is 1. The Labute approximate surface area is 209 Å². The van der Waals surface area contributed by atoms with Crippen LogP contribution in [0.15, 0.2) is 49.1 Å². The van der Waals surface area contributed by atoms with Crippen LogP contribution in [0.4, 0.5) is 10.2 Å². The summed E-state index contributed by atoms with van der Waals surface area (Å²) in [6, 6.07) is 1.75. The van der Waals surface area contributed by atoms with Gasteiger partial charge in [-0.2, -0.15) is 0 Å². The number of hydrogen-bond acceptors (Lipinski definition) is 5. The Morgan fingerprint density at radius 2 is 2.09 bits per heavy atom. The summed E-state index contributed by atoms with van der Waals surface area (Å²) in [5.74, 6) is 0.0419. The SMILES string of the molecule is CCCC(CC[C@H]1C=CC=CN1C(=O)C(C)C)Nc1nc(-c2c[nH]c3ncc(Cl)cc23)ncc1F. The van der Waals surface area contributed by atoms with Gasteiger partial charge in [0, 0.05) is 41.5 Å². The van der Waals surface area contributed by atoms with Crippen molar-refractivity contribution < 1.29 is 9.18 Å². The van der Waals surface area contributed by atoms with Crippen molar-refractivity contribution in [3.05, 3.63) is 59.9 Å². The van der Waals surface area contributed by atoms with Gasteiger partial charge in [-0.3, -0.25) is 4.79 Å². The molecule has 9 heteroatoms. The highest BCUT2D eigenvalue weighted by Gasteiger charge is 2.24. The molecule has 2 N–H and O–H groups in total. The molecule has 0 spiro atoms. The van der Waals surface area contributed by atoms with E-state index in [1.54, 1.807) is 23.4 Å². The Kier molecular flexibility index (Phi) is 7.80. The number of carbonyl (C=O) groups excluding carboxylic acids is 1. The summed E-state index contributed by atoms with van der Waals surface area (Å²) in [5, 5.41) is 4.56. The zero-order valence-corrected chi connectivity index (χ0v) is 20.9. The second-order valence-corrected chi connectivity index (χ2v) is 9.48. The Morgan fingerprint density at radius 1 is 1.26 bits per heavy atom. The van der Waals surface area contributed by atoms with E-state index in [-0.39, 0.29) is 29.7 Å². The number of anilines is 1. The van der Waals surface area contributed by atoms with Gasteiger partial charge in [0.2, 0.25) is 5.91 Å². The van der Waals surface area contributed by atoms with Gasteiger partial charge < -0.3 is 15.2 Å². The van der Waals surface area contributed by atoms with Crippen LogP contribution in [0.25, 0.3) is 22.4 Å². The van der Waals surface area contributed by atoms with E-state index in [4.69, 9.17) is 11.6 Å². The second-order valence-electron chi connectivity index (χ2n) is 9.04. The monoisotopic (exact) mass is 496 g/mol. The number of aromatic nitrogens is 4. The zero-order chi connectivity index (χ0) is 24.9. The van der Waals surface area contributed by atoms with Crippen molar-refractivity contribution in [2.75, 3.05) is 5.32 Å². The number of nitrogens with one attached hydrogen (secondary N) is 2. The third kappa shape index (κ3) is 5.70. The Balaban J connectivity index is 1.52. The van der Waals surface area contributed by atoms with Crippen LogP contribution in [-0.4, -0.2) is 42.8 Å². The van der Waals surface area contributed by atoms with Crippen LogP contribution in [0.5, 0.6) is 0 Å². The molecule has 1 amide bonds. The molecule has 35 heavy (non-hydrogen) atoms. The molecule has 3 aromatic rings. The molecule has 0 radical (unpaired) electrons. The second kappa shape index (κ2) is 11.0. The van der Waals surface area contributed by atoms with Crippen molar-refractivity contribution in [3.8, 4) is 11.4 Å². The topological polar surface area (TPSA) is 86.8 Å². The first kappa shape index (κ1) is 24.9. The summed E-state index contributed by atoms with van der Waals surface area (Å²) in [5.41, 5.74) is 1.36. The minimum absolute atomic E-state index is 0.00774. The molecule has 4 rings (SSSR count). The lowest BCUT2D eigenvalue weighted by atomic mass is 9.99. The van der Waals surface area contributed by atoms with Gasteiger partial charge in [0.1, 0.15) is 5.65 Å². The highest BCUT2D eigenvalue weighted by atomic mass is 35.5. The Morgan fingerprint density at radius 3 is 2.86 bits per heavy atom. The summed E-state index contributed by atoms with van der Waals surface area (Å²) >= 11 is 6.12. The van der Waals surface area contributed by atoms with E-state index >= 15 is 0 Å². The number of hydrogen-bond donors (Lipinski definition) is 2. The van der Waals surface area contributed by atoms with Gasteiger partial charge in [0.25, 0.3) is 0 Å². The van der Waals surface area contributed by atoms with Crippen molar-refractivity contribution >= 4 is 34.4 Å². The largest absolute Gasteiger partial charge is 0.365 e. The number of allylic oxidation sites excluding steroid dienone is 2. The average molecular weight is 497 g/mol. The van der Waals surface area contributed by atoms with E-state index in [0.29, 0.717) is 22.1 Å². The summed E-state index contributed by atoms with van der Waals surface area (Å²) in [6.45, 7) is 5.90. The molecular weight excluding hydrogens is 467 g/mol. The summed E-state index contributed by atoms with van der Waals surface area (Å²) in [4.78, 5) is 30.5. The maximum Gasteiger partial charge on any atom is 0.229 e. The van der Waals surface area contributed by atoms with Crippen LogP contribution < -0.4 is 5.32 Å². The standard InChI is InChI=1S/C26H30ClFN6O/c1-4-7-18(9-10-19-8-5-6-11-34(19)26(35)16(2)3)32-25-22(28)15-31-24(33-25)21-14-30-23-20(21)12-17(27)13-29-23/h5-6,8,11-16,18-19H,4,7,9-10H2,1-3H3,(H,29,30)(H,31,32,33)/t18?,19-/m1/s1. The molecule has 2 atom stereocenters.